The number of furan rings is 1. The zero-order valence-electron chi connectivity index (χ0n) is 14.0. The van der Waals surface area contributed by atoms with Gasteiger partial charge in [-0.3, -0.25) is 0 Å². The first-order valence-corrected chi connectivity index (χ1v) is 10.00. The van der Waals surface area contributed by atoms with Gasteiger partial charge in [-0.2, -0.15) is 4.98 Å². The molecule has 2 aromatic heterocycles. The monoisotopic (exact) mass is 368 g/mol. The van der Waals surface area contributed by atoms with Crippen molar-refractivity contribution in [2.75, 3.05) is 5.75 Å². The van der Waals surface area contributed by atoms with Gasteiger partial charge in [0.1, 0.15) is 5.76 Å². The molecule has 0 aliphatic heterocycles. The van der Waals surface area contributed by atoms with Crippen LogP contribution in [0, 0.1) is 4.77 Å². The van der Waals surface area contributed by atoms with E-state index in [-0.39, 0.29) is 0 Å². The Balaban J connectivity index is 1.92. The van der Waals surface area contributed by atoms with Gasteiger partial charge in [0.05, 0.1) is 17.0 Å². The van der Waals surface area contributed by atoms with E-state index < -0.39 is 0 Å². The lowest BCUT2D eigenvalue weighted by molar-refractivity contribution is 0.498. The van der Waals surface area contributed by atoms with Gasteiger partial charge in [0.25, 0.3) is 0 Å². The molecule has 1 aliphatic carbocycles. The molecule has 128 valence electrons. The van der Waals surface area contributed by atoms with E-state index in [4.69, 9.17) is 16.6 Å². The van der Waals surface area contributed by atoms with Gasteiger partial charge in [0.2, 0.25) is 10.5 Å². The molecule has 0 bridgehead atoms. The summed E-state index contributed by atoms with van der Waals surface area (Å²) in [6, 6.07) is 10.4. The molecule has 25 heavy (non-hydrogen) atoms. The van der Waals surface area contributed by atoms with Crippen molar-refractivity contribution in [1.82, 2.24) is 9.55 Å². The van der Waals surface area contributed by atoms with Gasteiger partial charge in [-0.1, -0.05) is 36.4 Å². The molecule has 0 amide bonds. The summed E-state index contributed by atoms with van der Waals surface area (Å²) in [4.78, 5) is 4.62. The molecule has 4 rings (SSSR count). The van der Waals surface area contributed by atoms with E-state index >= 15 is 0 Å². The van der Waals surface area contributed by atoms with Crippen molar-refractivity contribution in [3.05, 3.63) is 64.6 Å². The molecular formula is C20H20N2OS2. The second kappa shape index (κ2) is 7.18. The maximum Gasteiger partial charge on any atom is 0.231 e. The lowest BCUT2D eigenvalue weighted by Gasteiger charge is -2.15. The van der Waals surface area contributed by atoms with Crippen molar-refractivity contribution in [3.8, 4) is 0 Å². The van der Waals surface area contributed by atoms with Crippen LogP contribution >= 0.6 is 24.0 Å². The molecule has 2 heterocycles. The lowest BCUT2D eigenvalue weighted by Crippen LogP contribution is -2.08. The largest absolute Gasteiger partial charge is 0.442 e. The molecule has 0 saturated heterocycles. The van der Waals surface area contributed by atoms with Crippen molar-refractivity contribution < 1.29 is 4.42 Å². The van der Waals surface area contributed by atoms with Crippen LogP contribution in [0.15, 0.2) is 52.4 Å². The highest BCUT2D eigenvalue weighted by Gasteiger charge is 2.23. The van der Waals surface area contributed by atoms with Crippen LogP contribution in [-0.2, 0) is 19.4 Å². The molecule has 0 radical (unpaired) electrons. The molecule has 1 aromatic carbocycles. The number of hydrogen-bond acceptors (Lipinski definition) is 4. The number of fused-ring (bicyclic) bond motifs is 3. The molecule has 0 atom stereocenters. The summed E-state index contributed by atoms with van der Waals surface area (Å²) in [6.45, 7) is 4.60. The topological polar surface area (TPSA) is 31.0 Å². The Morgan fingerprint density at radius 1 is 1.24 bits per heavy atom. The standard InChI is InChI=1S/C20H20N2OS2/c1-2-12-25-19-17-15-10-6-7-11-16(15)23-18(17)21-20(24)22(19)13-14-8-4-3-5-9-14/h2-5,8-9H,1,6-7,10-13H2. The number of aryl methyl sites for hydroxylation is 2. The van der Waals surface area contributed by atoms with E-state index in [1.54, 1.807) is 11.8 Å². The van der Waals surface area contributed by atoms with Crippen molar-refractivity contribution in [2.24, 2.45) is 0 Å². The fourth-order valence-electron chi connectivity index (χ4n) is 3.41. The highest BCUT2D eigenvalue weighted by molar-refractivity contribution is 7.99. The zero-order chi connectivity index (χ0) is 17.2. The molecule has 5 heteroatoms. The van der Waals surface area contributed by atoms with E-state index in [0.717, 1.165) is 41.3 Å². The minimum atomic E-state index is 0.578. The first-order valence-electron chi connectivity index (χ1n) is 8.60. The summed E-state index contributed by atoms with van der Waals surface area (Å²) >= 11 is 7.38. The Morgan fingerprint density at radius 2 is 2.04 bits per heavy atom. The molecular weight excluding hydrogens is 348 g/mol. The highest BCUT2D eigenvalue weighted by atomic mass is 32.2. The summed E-state index contributed by atoms with van der Waals surface area (Å²) in [7, 11) is 0. The van der Waals surface area contributed by atoms with Gasteiger partial charge in [-0.25, -0.2) is 0 Å². The van der Waals surface area contributed by atoms with E-state index in [1.165, 1.54) is 24.0 Å². The molecule has 1 aliphatic rings. The van der Waals surface area contributed by atoms with Crippen LogP contribution in [0.2, 0.25) is 0 Å². The first-order chi connectivity index (χ1) is 12.3. The van der Waals surface area contributed by atoms with Gasteiger partial charge in [-0.15, -0.1) is 18.3 Å². The Morgan fingerprint density at radius 3 is 2.84 bits per heavy atom. The third-order valence-corrected chi connectivity index (χ3v) is 5.97. The molecule has 0 spiro atoms. The summed E-state index contributed by atoms with van der Waals surface area (Å²) in [5, 5.41) is 2.32. The quantitative estimate of drug-likeness (QED) is 0.255. The SMILES string of the molecule is C=CCSc1c2c3c(oc2nc(=S)n1Cc1ccccc1)CCCC3. The highest BCUT2D eigenvalue weighted by Crippen LogP contribution is 2.37. The predicted octanol–water partition coefficient (Wildman–Crippen LogP) is 5.56. The van der Waals surface area contributed by atoms with Gasteiger partial charge in [-0.05, 0) is 37.0 Å². The van der Waals surface area contributed by atoms with Crippen LogP contribution < -0.4 is 0 Å². The van der Waals surface area contributed by atoms with Crippen LogP contribution in [0.5, 0.6) is 0 Å². The maximum absolute atomic E-state index is 6.07. The third-order valence-electron chi connectivity index (χ3n) is 4.56. The predicted molar refractivity (Wildman–Crippen MR) is 106 cm³/mol. The Bertz CT molecular complexity index is 973. The Kier molecular flexibility index (Phi) is 4.77. The van der Waals surface area contributed by atoms with Crippen LogP contribution in [0.4, 0.5) is 0 Å². The van der Waals surface area contributed by atoms with Crippen molar-refractivity contribution in [3.63, 3.8) is 0 Å². The maximum atomic E-state index is 6.07. The van der Waals surface area contributed by atoms with Crippen molar-refractivity contribution in [1.29, 1.82) is 0 Å². The fourth-order valence-corrected chi connectivity index (χ4v) is 4.65. The normalized spacial score (nSPS) is 13.8. The summed E-state index contributed by atoms with van der Waals surface area (Å²) in [5.74, 6) is 1.93. The van der Waals surface area contributed by atoms with E-state index in [1.807, 2.05) is 12.1 Å². The Hall–Kier alpha value is -1.85. The minimum absolute atomic E-state index is 0.578. The van der Waals surface area contributed by atoms with Gasteiger partial charge < -0.3 is 8.98 Å². The van der Waals surface area contributed by atoms with Gasteiger partial charge in [0.15, 0.2) is 0 Å². The second-order valence-electron chi connectivity index (χ2n) is 6.26. The van der Waals surface area contributed by atoms with Crippen molar-refractivity contribution >= 4 is 35.1 Å². The van der Waals surface area contributed by atoms with Gasteiger partial charge >= 0.3 is 0 Å². The smallest absolute Gasteiger partial charge is 0.231 e. The first kappa shape index (κ1) is 16.6. The number of benzene rings is 1. The lowest BCUT2D eigenvalue weighted by atomic mass is 9.97. The molecule has 3 aromatic rings. The summed E-state index contributed by atoms with van der Waals surface area (Å²) in [5.41, 5.74) is 3.25. The average molecular weight is 369 g/mol. The van der Waals surface area contributed by atoms with E-state index in [0.29, 0.717) is 10.5 Å². The van der Waals surface area contributed by atoms with E-state index in [2.05, 4.69) is 40.4 Å². The molecule has 3 nitrogen and oxygen atoms in total. The van der Waals surface area contributed by atoms with Crippen LogP contribution in [0.25, 0.3) is 11.1 Å². The number of aromatic nitrogens is 2. The third kappa shape index (κ3) is 3.18. The number of hydrogen-bond donors (Lipinski definition) is 0. The second-order valence-corrected chi connectivity index (χ2v) is 7.64. The number of thioether (sulfide) groups is 1. The average Bonchev–Trinajstić information content (AvgIpc) is 3.00. The van der Waals surface area contributed by atoms with Crippen LogP contribution in [0.3, 0.4) is 0 Å². The molecule has 0 unspecified atom stereocenters. The Labute approximate surface area is 156 Å². The van der Waals surface area contributed by atoms with Crippen LogP contribution in [-0.4, -0.2) is 15.3 Å². The summed E-state index contributed by atoms with van der Waals surface area (Å²) in [6.07, 6.45) is 6.39. The molecule has 0 fully saturated rings. The van der Waals surface area contributed by atoms with Crippen molar-refractivity contribution in [2.45, 2.75) is 37.3 Å². The summed E-state index contributed by atoms with van der Waals surface area (Å²) < 4.78 is 8.79. The number of rotatable bonds is 5. The molecule has 0 N–H and O–H groups in total. The van der Waals surface area contributed by atoms with E-state index in [9.17, 15) is 0 Å². The van der Waals surface area contributed by atoms with Crippen LogP contribution in [0.1, 0.15) is 29.7 Å². The zero-order valence-corrected chi connectivity index (χ0v) is 15.7. The fraction of sp³-hybridized carbons (Fsp3) is 0.300. The number of nitrogens with zero attached hydrogens (tertiary/aromatic N) is 2. The van der Waals surface area contributed by atoms with Gasteiger partial charge in [0, 0.05) is 17.7 Å². The molecule has 0 saturated carbocycles. The minimum Gasteiger partial charge on any atom is -0.442 e.